The molecule has 3 rings (SSSR count). The second-order valence-corrected chi connectivity index (χ2v) is 7.25. The first-order valence-corrected chi connectivity index (χ1v) is 8.16. The average molecular weight is 308 g/mol. The highest BCUT2D eigenvalue weighted by molar-refractivity contribution is 7.13. The fourth-order valence-electron chi connectivity index (χ4n) is 3.35. The zero-order valence-electron chi connectivity index (χ0n) is 12.0. The summed E-state index contributed by atoms with van der Waals surface area (Å²) in [6.45, 7) is 3.32. The molecule has 2 N–H and O–H groups in total. The van der Waals surface area contributed by atoms with Crippen LogP contribution in [0.3, 0.4) is 0 Å². The summed E-state index contributed by atoms with van der Waals surface area (Å²) in [6, 6.07) is 3.67. The number of aryl methyl sites for hydroxylation is 1. The van der Waals surface area contributed by atoms with Crippen LogP contribution in [0.2, 0.25) is 0 Å². The summed E-state index contributed by atoms with van der Waals surface area (Å²) in [7, 11) is 0. The maximum Gasteiger partial charge on any atom is 0.261 e. The quantitative estimate of drug-likeness (QED) is 0.876. The molecule has 1 aromatic rings. The normalized spacial score (nSPS) is 27.7. The molecule has 1 aliphatic heterocycles. The van der Waals surface area contributed by atoms with E-state index >= 15 is 0 Å². The van der Waals surface area contributed by atoms with Crippen LogP contribution in [-0.4, -0.2) is 47.6 Å². The number of likely N-dealkylation sites (tertiary alicyclic amines) is 1. The molecule has 2 aliphatic rings. The summed E-state index contributed by atoms with van der Waals surface area (Å²) in [5.74, 6) is 0.406. The van der Waals surface area contributed by atoms with Crippen LogP contribution in [0.5, 0.6) is 0 Å². The number of hydrogen-bond donors (Lipinski definition) is 2. The van der Waals surface area contributed by atoms with Gasteiger partial charge in [0.1, 0.15) is 0 Å². The predicted octanol–water partition coefficient (Wildman–Crippen LogP) is 1.02. The molecule has 1 aromatic heterocycles. The first-order valence-electron chi connectivity index (χ1n) is 7.35. The average Bonchev–Trinajstić information content (AvgIpc) is 3.14. The summed E-state index contributed by atoms with van der Waals surface area (Å²) >= 11 is 1.42. The van der Waals surface area contributed by atoms with Crippen molar-refractivity contribution in [2.45, 2.75) is 25.9 Å². The van der Waals surface area contributed by atoms with Crippen LogP contribution in [-0.2, 0) is 4.79 Å². The van der Waals surface area contributed by atoms with Crippen LogP contribution >= 0.6 is 11.3 Å². The Labute approximate surface area is 128 Å². The van der Waals surface area contributed by atoms with Gasteiger partial charge >= 0.3 is 0 Å². The van der Waals surface area contributed by atoms with Gasteiger partial charge in [0.15, 0.2) is 0 Å². The fraction of sp³-hybridized carbons (Fsp3) is 0.600. The Morgan fingerprint density at radius 2 is 2.19 bits per heavy atom. The predicted molar refractivity (Wildman–Crippen MR) is 80.2 cm³/mol. The van der Waals surface area contributed by atoms with Crippen molar-refractivity contribution < 1.29 is 14.7 Å². The van der Waals surface area contributed by atoms with Crippen LogP contribution in [0.15, 0.2) is 12.1 Å². The molecular formula is C15H20N2O3S. The smallest absolute Gasteiger partial charge is 0.261 e. The number of fused-ring (bicyclic) bond motifs is 1. The number of aliphatic hydroxyl groups is 1. The van der Waals surface area contributed by atoms with Gasteiger partial charge in [0, 0.05) is 23.9 Å². The van der Waals surface area contributed by atoms with Crippen LogP contribution in [0.4, 0.5) is 0 Å². The third-order valence-electron chi connectivity index (χ3n) is 4.54. The molecule has 1 saturated heterocycles. The number of carbonyl (C=O) groups is 2. The minimum atomic E-state index is -0.267. The second-order valence-electron chi connectivity index (χ2n) is 5.96. The van der Waals surface area contributed by atoms with Crippen molar-refractivity contribution in [1.29, 1.82) is 0 Å². The standard InChI is InChI=1S/C15H20N2O3S/c1-9-2-5-13(21-9)15(20)16-6-14(19)17-7-10-3-4-12(18)11(10)8-17/h2,5,10-12,18H,3-4,6-8H2,1H3,(H,16,20). The van der Waals surface area contributed by atoms with Gasteiger partial charge in [0.25, 0.3) is 5.91 Å². The summed E-state index contributed by atoms with van der Waals surface area (Å²) in [5.41, 5.74) is 0. The van der Waals surface area contributed by atoms with E-state index in [1.807, 2.05) is 13.0 Å². The second kappa shape index (κ2) is 5.77. The maximum atomic E-state index is 12.2. The molecule has 3 unspecified atom stereocenters. The lowest BCUT2D eigenvalue weighted by Crippen LogP contribution is -2.39. The monoisotopic (exact) mass is 308 g/mol. The van der Waals surface area contributed by atoms with Gasteiger partial charge in [0.05, 0.1) is 17.5 Å². The SMILES string of the molecule is Cc1ccc(C(=O)NCC(=O)N2CC3CCC(O)C3C2)s1. The Morgan fingerprint density at radius 3 is 2.86 bits per heavy atom. The molecule has 0 aromatic carbocycles. The highest BCUT2D eigenvalue weighted by Gasteiger charge is 2.43. The first kappa shape index (κ1) is 14.5. The highest BCUT2D eigenvalue weighted by Crippen LogP contribution is 2.37. The largest absolute Gasteiger partial charge is 0.393 e. The van der Waals surface area contributed by atoms with Crippen molar-refractivity contribution >= 4 is 23.2 Å². The van der Waals surface area contributed by atoms with Gasteiger partial charge in [-0.15, -0.1) is 11.3 Å². The van der Waals surface area contributed by atoms with Crippen molar-refractivity contribution in [2.75, 3.05) is 19.6 Å². The molecule has 2 amide bonds. The van der Waals surface area contributed by atoms with E-state index in [2.05, 4.69) is 5.32 Å². The number of thiophene rings is 1. The zero-order chi connectivity index (χ0) is 15.0. The molecule has 2 fully saturated rings. The molecule has 5 nitrogen and oxygen atoms in total. The molecule has 3 atom stereocenters. The van der Waals surface area contributed by atoms with E-state index in [1.54, 1.807) is 11.0 Å². The zero-order valence-corrected chi connectivity index (χ0v) is 12.9. The van der Waals surface area contributed by atoms with Crippen molar-refractivity contribution in [3.05, 3.63) is 21.9 Å². The van der Waals surface area contributed by atoms with E-state index < -0.39 is 0 Å². The van der Waals surface area contributed by atoms with Gasteiger partial charge in [-0.3, -0.25) is 9.59 Å². The number of nitrogens with zero attached hydrogens (tertiary/aromatic N) is 1. The number of hydrogen-bond acceptors (Lipinski definition) is 4. The van der Waals surface area contributed by atoms with E-state index in [4.69, 9.17) is 0 Å². The van der Waals surface area contributed by atoms with Crippen molar-refractivity contribution in [1.82, 2.24) is 10.2 Å². The lowest BCUT2D eigenvalue weighted by atomic mass is 10.00. The van der Waals surface area contributed by atoms with Crippen LogP contribution in [0.25, 0.3) is 0 Å². The number of rotatable bonds is 3. The summed E-state index contributed by atoms with van der Waals surface area (Å²) in [5, 5.41) is 12.5. The van der Waals surface area contributed by atoms with Gasteiger partial charge in [0.2, 0.25) is 5.91 Å². The summed E-state index contributed by atoms with van der Waals surface area (Å²) < 4.78 is 0. The Balaban J connectivity index is 1.50. The molecule has 6 heteroatoms. The fourth-order valence-corrected chi connectivity index (χ4v) is 4.14. The van der Waals surface area contributed by atoms with Gasteiger partial charge < -0.3 is 15.3 Å². The third-order valence-corrected chi connectivity index (χ3v) is 5.54. The third kappa shape index (κ3) is 2.96. The first-order chi connectivity index (χ1) is 10.0. The van der Waals surface area contributed by atoms with Gasteiger partial charge in [-0.05, 0) is 37.8 Å². The molecule has 0 radical (unpaired) electrons. The van der Waals surface area contributed by atoms with E-state index in [0.717, 1.165) is 17.7 Å². The van der Waals surface area contributed by atoms with Crippen LogP contribution in [0, 0.1) is 18.8 Å². The van der Waals surface area contributed by atoms with Gasteiger partial charge in [-0.25, -0.2) is 0 Å². The Kier molecular flexibility index (Phi) is 3.99. The summed E-state index contributed by atoms with van der Waals surface area (Å²) in [4.78, 5) is 27.6. The number of nitrogens with one attached hydrogen (secondary N) is 1. The lowest BCUT2D eigenvalue weighted by Gasteiger charge is -2.18. The van der Waals surface area contributed by atoms with E-state index in [-0.39, 0.29) is 30.4 Å². The van der Waals surface area contributed by atoms with Gasteiger partial charge in [-0.2, -0.15) is 0 Å². The highest BCUT2D eigenvalue weighted by atomic mass is 32.1. The molecule has 21 heavy (non-hydrogen) atoms. The minimum Gasteiger partial charge on any atom is -0.393 e. The van der Waals surface area contributed by atoms with Gasteiger partial charge in [-0.1, -0.05) is 0 Å². The molecular weight excluding hydrogens is 288 g/mol. The lowest BCUT2D eigenvalue weighted by molar-refractivity contribution is -0.129. The topological polar surface area (TPSA) is 69.6 Å². The molecule has 114 valence electrons. The maximum absolute atomic E-state index is 12.2. The number of amides is 2. The van der Waals surface area contributed by atoms with Crippen LogP contribution < -0.4 is 5.32 Å². The molecule has 1 saturated carbocycles. The minimum absolute atomic E-state index is 0.0331. The molecule has 1 aliphatic carbocycles. The van der Waals surface area contributed by atoms with Crippen molar-refractivity contribution in [3.63, 3.8) is 0 Å². The van der Waals surface area contributed by atoms with Crippen molar-refractivity contribution in [3.8, 4) is 0 Å². The van der Waals surface area contributed by atoms with Crippen LogP contribution in [0.1, 0.15) is 27.4 Å². The number of carbonyl (C=O) groups excluding carboxylic acids is 2. The number of aliphatic hydroxyl groups excluding tert-OH is 1. The molecule has 0 spiro atoms. The Morgan fingerprint density at radius 1 is 1.38 bits per heavy atom. The van der Waals surface area contributed by atoms with E-state index in [9.17, 15) is 14.7 Å². The molecule has 2 heterocycles. The van der Waals surface area contributed by atoms with Crippen molar-refractivity contribution in [2.24, 2.45) is 11.8 Å². The Hall–Kier alpha value is -1.40. The van der Waals surface area contributed by atoms with E-state index in [1.165, 1.54) is 11.3 Å². The molecule has 0 bridgehead atoms. The Bertz CT molecular complexity index is 557. The van der Waals surface area contributed by atoms with E-state index in [0.29, 0.717) is 23.9 Å². The summed E-state index contributed by atoms with van der Waals surface area (Å²) in [6.07, 6.45) is 1.58.